The minimum Gasteiger partial charge on any atom is -0.493 e. The van der Waals surface area contributed by atoms with E-state index in [9.17, 15) is 14.0 Å². The Hall–Kier alpha value is -4.80. The molecule has 1 aliphatic carbocycles. The van der Waals surface area contributed by atoms with E-state index in [-0.39, 0.29) is 17.5 Å². The van der Waals surface area contributed by atoms with Crippen LogP contribution in [0.5, 0.6) is 23.1 Å². The van der Waals surface area contributed by atoms with Crippen LogP contribution < -0.4 is 24.8 Å². The molecule has 9 nitrogen and oxygen atoms in total. The van der Waals surface area contributed by atoms with Crippen molar-refractivity contribution in [1.29, 1.82) is 0 Å². The molecule has 0 radical (unpaired) electrons. The summed E-state index contributed by atoms with van der Waals surface area (Å²) in [6, 6.07) is 11.4. The quantitative estimate of drug-likeness (QED) is 0.296. The average Bonchev–Trinajstić information content (AvgIpc) is 3.52. The summed E-state index contributed by atoms with van der Waals surface area (Å²) >= 11 is 0. The molecule has 40 heavy (non-hydrogen) atoms. The number of benzene rings is 2. The van der Waals surface area contributed by atoms with Crippen LogP contribution in [-0.2, 0) is 9.59 Å². The van der Waals surface area contributed by atoms with Crippen molar-refractivity contribution in [2.24, 2.45) is 17.3 Å². The van der Waals surface area contributed by atoms with Gasteiger partial charge in [-0.1, -0.05) is 13.8 Å². The van der Waals surface area contributed by atoms with Crippen molar-refractivity contribution in [2.45, 2.75) is 13.8 Å². The van der Waals surface area contributed by atoms with Crippen LogP contribution in [0.4, 0.5) is 20.2 Å². The standard InChI is InChI=1S/C29H26F2N4O5/c1-29(2)24(26(36)34-16-7-5-15(30)6-8-16)25(29)27(37)35-17-11-19(31)28(33-14-17)40-21-9-10-32-20-13-23(39-4)22(38-3)12-18(20)21/h5-14,24-25H,1-4H3,(H,34,36)(H,35,37)/t24-,25+/m0/s1. The third-order valence-corrected chi connectivity index (χ3v) is 6.99. The van der Waals surface area contributed by atoms with Gasteiger partial charge in [0.2, 0.25) is 11.8 Å². The molecule has 11 heteroatoms. The summed E-state index contributed by atoms with van der Waals surface area (Å²) in [5.41, 5.74) is 0.454. The van der Waals surface area contributed by atoms with Gasteiger partial charge in [0, 0.05) is 29.4 Å². The summed E-state index contributed by atoms with van der Waals surface area (Å²) in [5, 5.41) is 5.90. The highest BCUT2D eigenvalue weighted by Gasteiger charge is 2.65. The van der Waals surface area contributed by atoms with Crippen LogP contribution in [0.25, 0.3) is 10.9 Å². The minimum atomic E-state index is -0.802. The molecule has 2 amide bonds. The van der Waals surface area contributed by atoms with E-state index in [2.05, 4.69) is 20.6 Å². The predicted octanol–water partition coefficient (Wildman–Crippen LogP) is 5.57. The Balaban J connectivity index is 1.28. The summed E-state index contributed by atoms with van der Waals surface area (Å²) in [5.74, 6) is -2.37. The monoisotopic (exact) mass is 548 g/mol. The van der Waals surface area contributed by atoms with Gasteiger partial charge in [-0.2, -0.15) is 0 Å². The number of carbonyl (C=O) groups excluding carboxylic acids is 2. The second-order valence-electron chi connectivity index (χ2n) is 9.91. The van der Waals surface area contributed by atoms with Crippen LogP contribution in [0, 0.1) is 28.9 Å². The molecule has 4 aromatic rings. The maximum atomic E-state index is 15.0. The van der Waals surface area contributed by atoms with Gasteiger partial charge in [0.15, 0.2) is 17.3 Å². The van der Waals surface area contributed by atoms with Crippen molar-refractivity contribution in [1.82, 2.24) is 9.97 Å². The lowest BCUT2D eigenvalue weighted by molar-refractivity contribution is -0.122. The smallest absolute Gasteiger partial charge is 0.256 e. The Morgan fingerprint density at radius 1 is 0.825 bits per heavy atom. The topological polar surface area (TPSA) is 112 Å². The van der Waals surface area contributed by atoms with Gasteiger partial charge in [-0.05, 0) is 41.8 Å². The number of nitrogens with zero attached hydrogens (tertiary/aromatic N) is 2. The predicted molar refractivity (Wildman–Crippen MR) is 144 cm³/mol. The number of amides is 2. The fourth-order valence-electron chi connectivity index (χ4n) is 4.80. The Bertz CT molecular complexity index is 1610. The number of halogens is 2. The Morgan fingerprint density at radius 2 is 1.45 bits per heavy atom. The lowest BCUT2D eigenvalue weighted by Crippen LogP contribution is -2.20. The SMILES string of the molecule is COc1cc2nccc(Oc3ncc(NC(=O)[C@H]4[C@@H](C(=O)Nc5ccc(F)cc5)C4(C)C)cc3F)c2cc1OC. The first-order valence-corrected chi connectivity index (χ1v) is 12.3. The molecule has 0 unspecified atom stereocenters. The first-order valence-electron chi connectivity index (χ1n) is 12.3. The number of aromatic nitrogens is 2. The highest BCUT2D eigenvalue weighted by molar-refractivity contribution is 6.04. The van der Waals surface area contributed by atoms with Gasteiger partial charge < -0.3 is 24.8 Å². The van der Waals surface area contributed by atoms with Crippen molar-refractivity contribution < 1.29 is 32.6 Å². The van der Waals surface area contributed by atoms with Crippen molar-refractivity contribution >= 4 is 34.1 Å². The van der Waals surface area contributed by atoms with Crippen LogP contribution in [0.2, 0.25) is 0 Å². The van der Waals surface area contributed by atoms with Crippen LogP contribution in [-0.4, -0.2) is 36.0 Å². The molecule has 2 atom stereocenters. The van der Waals surface area contributed by atoms with E-state index in [1.165, 1.54) is 50.9 Å². The highest BCUT2D eigenvalue weighted by atomic mass is 19.1. The number of anilines is 2. The van der Waals surface area contributed by atoms with Crippen LogP contribution in [0.15, 0.2) is 60.9 Å². The maximum absolute atomic E-state index is 15.0. The number of hydrogen-bond donors (Lipinski definition) is 2. The lowest BCUT2D eigenvalue weighted by atomic mass is 10.1. The Morgan fingerprint density at radius 3 is 2.08 bits per heavy atom. The van der Waals surface area contributed by atoms with Gasteiger partial charge in [-0.15, -0.1) is 0 Å². The summed E-state index contributed by atoms with van der Waals surface area (Å²) in [4.78, 5) is 34.1. The molecule has 1 fully saturated rings. The molecule has 0 bridgehead atoms. The summed E-state index contributed by atoms with van der Waals surface area (Å²) < 4.78 is 44.6. The van der Waals surface area contributed by atoms with Gasteiger partial charge in [-0.3, -0.25) is 14.6 Å². The fraction of sp³-hybridized carbons (Fsp3) is 0.241. The Labute approximate surface area is 228 Å². The molecule has 1 aliphatic rings. The van der Waals surface area contributed by atoms with E-state index in [0.29, 0.717) is 33.8 Å². The number of pyridine rings is 2. The van der Waals surface area contributed by atoms with E-state index in [4.69, 9.17) is 14.2 Å². The van der Waals surface area contributed by atoms with Gasteiger partial charge in [0.05, 0.1) is 43.5 Å². The minimum absolute atomic E-state index is 0.112. The van der Waals surface area contributed by atoms with Gasteiger partial charge in [0.25, 0.3) is 5.88 Å². The lowest BCUT2D eigenvalue weighted by Gasteiger charge is -2.12. The van der Waals surface area contributed by atoms with Crippen LogP contribution >= 0.6 is 0 Å². The van der Waals surface area contributed by atoms with Crippen molar-refractivity contribution in [3.8, 4) is 23.1 Å². The first-order chi connectivity index (χ1) is 19.1. The molecule has 0 spiro atoms. The first kappa shape index (κ1) is 26.8. The normalized spacial score (nSPS) is 17.1. The number of fused-ring (bicyclic) bond motifs is 1. The molecule has 2 N–H and O–H groups in total. The number of ether oxygens (including phenoxy) is 3. The number of rotatable bonds is 8. The molecule has 2 aromatic heterocycles. The van der Waals surface area contributed by atoms with Gasteiger partial charge in [-0.25, -0.2) is 13.8 Å². The van der Waals surface area contributed by atoms with Crippen molar-refractivity contribution in [2.75, 3.05) is 24.9 Å². The highest BCUT2D eigenvalue weighted by Crippen LogP contribution is 2.59. The molecule has 206 valence electrons. The van der Waals surface area contributed by atoms with Crippen LogP contribution in [0.1, 0.15) is 13.8 Å². The third-order valence-electron chi connectivity index (χ3n) is 6.99. The molecule has 1 saturated carbocycles. The maximum Gasteiger partial charge on any atom is 0.256 e. The zero-order valence-electron chi connectivity index (χ0n) is 22.1. The summed E-state index contributed by atoms with van der Waals surface area (Å²) in [7, 11) is 3.01. The molecule has 0 saturated heterocycles. The van der Waals surface area contributed by atoms with E-state index in [1.54, 1.807) is 32.0 Å². The summed E-state index contributed by atoms with van der Waals surface area (Å²) in [6.07, 6.45) is 2.78. The van der Waals surface area contributed by atoms with E-state index in [1.807, 2.05) is 0 Å². The average molecular weight is 549 g/mol. The van der Waals surface area contributed by atoms with Crippen molar-refractivity contribution in [3.63, 3.8) is 0 Å². The Kier molecular flexibility index (Phi) is 6.97. The van der Waals surface area contributed by atoms with Crippen molar-refractivity contribution in [3.05, 3.63) is 72.6 Å². The zero-order chi connectivity index (χ0) is 28.6. The zero-order valence-corrected chi connectivity index (χ0v) is 22.1. The van der Waals surface area contributed by atoms with Crippen LogP contribution in [0.3, 0.4) is 0 Å². The number of carbonyl (C=O) groups is 2. The largest absolute Gasteiger partial charge is 0.493 e. The molecule has 0 aliphatic heterocycles. The molecular formula is C29H26F2N4O5. The molecular weight excluding hydrogens is 522 g/mol. The third kappa shape index (κ3) is 5.09. The van der Waals surface area contributed by atoms with Gasteiger partial charge in [0.1, 0.15) is 11.6 Å². The fourth-order valence-corrected chi connectivity index (χ4v) is 4.80. The summed E-state index contributed by atoms with van der Waals surface area (Å²) in [6.45, 7) is 3.59. The molecule has 2 aromatic carbocycles. The molecule has 2 heterocycles. The second-order valence-corrected chi connectivity index (χ2v) is 9.91. The van der Waals surface area contributed by atoms with E-state index >= 15 is 4.39 Å². The number of hydrogen-bond acceptors (Lipinski definition) is 7. The van der Waals surface area contributed by atoms with E-state index < -0.39 is 34.8 Å². The number of methoxy groups -OCH3 is 2. The van der Waals surface area contributed by atoms with Gasteiger partial charge >= 0.3 is 0 Å². The number of nitrogens with one attached hydrogen (secondary N) is 2. The van der Waals surface area contributed by atoms with E-state index in [0.717, 1.165) is 6.07 Å². The molecule has 5 rings (SSSR count). The second kappa shape index (κ2) is 10.4.